The zero-order chi connectivity index (χ0) is 14.1. The Kier molecular flexibility index (Phi) is 3.89. The van der Waals surface area contributed by atoms with Crippen molar-refractivity contribution in [3.8, 4) is 0 Å². The van der Waals surface area contributed by atoms with Crippen molar-refractivity contribution < 1.29 is 31.0 Å². The van der Waals surface area contributed by atoms with Gasteiger partial charge in [0.1, 0.15) is 11.8 Å². The van der Waals surface area contributed by atoms with Crippen molar-refractivity contribution in [2.24, 2.45) is 4.63 Å². The normalized spacial score (nSPS) is 13.9. The predicted molar refractivity (Wildman–Crippen MR) is 50.6 cm³/mol. The van der Waals surface area contributed by atoms with Crippen LogP contribution in [0.25, 0.3) is 0 Å². The van der Waals surface area contributed by atoms with Crippen molar-refractivity contribution in [3.05, 3.63) is 29.3 Å². The van der Waals surface area contributed by atoms with E-state index in [2.05, 4.69) is 4.63 Å². The zero-order valence-corrected chi connectivity index (χ0v) is 9.53. The van der Waals surface area contributed by atoms with Crippen LogP contribution in [-0.4, -0.2) is 11.7 Å². The average molecular weight is 292 g/mol. The molecule has 100 valence electrons. The van der Waals surface area contributed by atoms with E-state index in [1.165, 1.54) is 0 Å². The molecule has 0 heterocycles. The molecule has 0 N–H and O–H groups in total. The molecule has 1 rings (SSSR count). The summed E-state index contributed by atoms with van der Waals surface area (Å²) in [7, 11) is 1.13. The zero-order valence-electron chi connectivity index (χ0n) is 8.77. The highest BCUT2D eigenvalue weighted by Crippen LogP contribution is 2.37. The number of benzene rings is 1. The summed E-state index contributed by atoms with van der Waals surface area (Å²) in [4.78, 5) is 0. The van der Waals surface area contributed by atoms with Crippen LogP contribution in [0.3, 0.4) is 0 Å². The van der Waals surface area contributed by atoms with Crippen LogP contribution in [0.4, 0.5) is 32.0 Å². The molecule has 2 nitrogen and oxygen atoms in total. The third kappa shape index (κ3) is 3.34. The molecule has 9 heteroatoms. The Morgan fingerprint density at radius 3 is 1.61 bits per heavy atom. The second-order valence-electron chi connectivity index (χ2n) is 3.36. The van der Waals surface area contributed by atoms with Gasteiger partial charge in [0.05, 0.1) is 15.8 Å². The number of alkyl halides is 6. The Bertz CT molecular complexity index is 445. The Labute approximate surface area is 103 Å². The number of hydrogen-bond donors (Lipinski definition) is 0. The molecule has 18 heavy (non-hydrogen) atoms. The van der Waals surface area contributed by atoms with E-state index in [1.54, 1.807) is 0 Å². The second-order valence-corrected chi connectivity index (χ2v) is 3.51. The molecular weight excluding hydrogens is 286 g/mol. The molecule has 0 amide bonds. The Morgan fingerprint density at radius 1 is 0.944 bits per heavy atom. The molecule has 0 atom stereocenters. The van der Waals surface area contributed by atoms with Crippen LogP contribution in [0, 0.1) is 0 Å². The molecule has 1 aromatic carbocycles. The predicted octanol–water partition coefficient (Wildman–Crippen LogP) is 4.60. The van der Waals surface area contributed by atoms with Gasteiger partial charge in [-0.3, -0.25) is 0 Å². The van der Waals surface area contributed by atoms with Gasteiger partial charge in [0.2, 0.25) is 5.69 Å². The van der Waals surface area contributed by atoms with Crippen molar-refractivity contribution in [2.75, 3.05) is 7.05 Å². The fourth-order valence-electron chi connectivity index (χ4n) is 1.17. The molecule has 0 aromatic heterocycles. The third-order valence-electron chi connectivity index (χ3n) is 2.06. The SMILES string of the molecule is C[N+](=NCl)c1cc(C(F)(F)F)cc(C(F)(F)F)c1. The third-order valence-corrected chi connectivity index (χ3v) is 2.29. The molecule has 0 aliphatic rings. The topological polar surface area (TPSA) is 15.4 Å². The van der Waals surface area contributed by atoms with Crippen LogP contribution in [0.15, 0.2) is 22.8 Å². The van der Waals surface area contributed by atoms with Crippen LogP contribution >= 0.6 is 11.8 Å². The smallest absolute Gasteiger partial charge is 0.166 e. The molecule has 0 unspecified atom stereocenters. The summed E-state index contributed by atoms with van der Waals surface area (Å²) in [6.07, 6.45) is -9.77. The van der Waals surface area contributed by atoms with E-state index in [9.17, 15) is 26.3 Å². The average Bonchev–Trinajstić information content (AvgIpc) is 2.25. The van der Waals surface area contributed by atoms with Crippen LogP contribution < -0.4 is 0 Å². The molecule has 0 saturated heterocycles. The first kappa shape index (κ1) is 14.7. The Balaban J connectivity index is 3.49. The monoisotopic (exact) mass is 291 g/mol. The lowest BCUT2D eigenvalue weighted by Gasteiger charge is -2.11. The summed E-state index contributed by atoms with van der Waals surface area (Å²) in [5, 5.41) is 0. The quantitative estimate of drug-likeness (QED) is 0.408. The van der Waals surface area contributed by atoms with E-state index in [4.69, 9.17) is 11.8 Å². The maximum atomic E-state index is 12.5. The summed E-state index contributed by atoms with van der Waals surface area (Å²) < 4.78 is 78.4. The van der Waals surface area contributed by atoms with Crippen molar-refractivity contribution in [3.63, 3.8) is 0 Å². The van der Waals surface area contributed by atoms with Crippen molar-refractivity contribution >= 4 is 17.5 Å². The summed E-state index contributed by atoms with van der Waals surface area (Å²) >= 11 is 5.01. The Hall–Kier alpha value is -1.31. The minimum atomic E-state index is -4.89. The molecule has 0 fully saturated rings. The Morgan fingerprint density at radius 2 is 1.33 bits per heavy atom. The van der Waals surface area contributed by atoms with Gasteiger partial charge in [-0.15, -0.1) is 0 Å². The van der Waals surface area contributed by atoms with Crippen molar-refractivity contribution in [1.82, 2.24) is 0 Å². The molecule has 0 saturated carbocycles. The highest BCUT2D eigenvalue weighted by atomic mass is 35.5. The van der Waals surface area contributed by atoms with E-state index in [-0.39, 0.29) is 6.07 Å². The summed E-state index contributed by atoms with van der Waals surface area (Å²) in [6.45, 7) is 0. The summed E-state index contributed by atoms with van der Waals surface area (Å²) in [6, 6.07) is 1.09. The minimum Gasteiger partial charge on any atom is -0.166 e. The van der Waals surface area contributed by atoms with Crippen LogP contribution in [-0.2, 0) is 12.4 Å². The second kappa shape index (κ2) is 4.75. The fraction of sp³-hybridized carbons (Fsp3) is 0.333. The molecular formula is C9H6ClF6N2+. The van der Waals surface area contributed by atoms with Crippen molar-refractivity contribution in [2.45, 2.75) is 12.4 Å². The van der Waals surface area contributed by atoms with E-state index in [0.717, 1.165) is 7.05 Å². The van der Waals surface area contributed by atoms with Gasteiger partial charge >= 0.3 is 12.4 Å². The molecule has 0 aliphatic heterocycles. The minimum absolute atomic E-state index is 0.0333. The van der Waals surface area contributed by atoms with Gasteiger partial charge in [0, 0.05) is 12.1 Å². The fourth-order valence-corrected chi connectivity index (χ4v) is 1.26. The lowest BCUT2D eigenvalue weighted by atomic mass is 10.1. The first-order valence-corrected chi connectivity index (χ1v) is 4.74. The number of nitrogens with zero attached hydrogens (tertiary/aromatic N) is 2. The summed E-state index contributed by atoms with van der Waals surface area (Å²) in [5.41, 5.74) is -3.24. The molecule has 0 bridgehead atoms. The lowest BCUT2D eigenvalue weighted by molar-refractivity contribution is -0.472. The maximum Gasteiger partial charge on any atom is 0.416 e. The van der Waals surface area contributed by atoms with Gasteiger partial charge < -0.3 is 0 Å². The van der Waals surface area contributed by atoms with Gasteiger partial charge in [-0.05, 0) is 6.07 Å². The maximum absolute atomic E-state index is 12.5. The van der Waals surface area contributed by atoms with Crippen LogP contribution in [0.2, 0.25) is 0 Å². The van der Waals surface area contributed by atoms with E-state index < -0.39 is 29.2 Å². The van der Waals surface area contributed by atoms with E-state index in [0.29, 0.717) is 16.8 Å². The lowest BCUT2D eigenvalue weighted by Crippen LogP contribution is -2.11. The number of rotatable bonds is 1. The van der Waals surface area contributed by atoms with Crippen LogP contribution in [0.5, 0.6) is 0 Å². The molecule has 0 spiro atoms. The van der Waals surface area contributed by atoms with Gasteiger partial charge in [0.25, 0.3) is 0 Å². The standard InChI is InChI=1S/C9H6ClF6N2/c1-18(17-10)7-3-5(8(11,12)13)2-6(4-7)9(14,15)16/h2-4H,1H3/q+1. The number of hydrogen-bond acceptors (Lipinski definition) is 1. The summed E-state index contributed by atoms with van der Waals surface area (Å²) in [5.74, 6) is 0. The molecule has 0 radical (unpaired) electrons. The first-order chi connectivity index (χ1) is 8.05. The van der Waals surface area contributed by atoms with Gasteiger partial charge in [-0.1, -0.05) is 4.70 Å². The number of halogens is 7. The van der Waals surface area contributed by atoms with E-state index in [1.807, 2.05) is 0 Å². The molecule has 0 aliphatic carbocycles. The highest BCUT2D eigenvalue weighted by Gasteiger charge is 2.38. The molecule has 1 aromatic rings. The van der Waals surface area contributed by atoms with E-state index >= 15 is 0 Å². The van der Waals surface area contributed by atoms with Crippen molar-refractivity contribution in [1.29, 1.82) is 0 Å². The first-order valence-electron chi connectivity index (χ1n) is 4.41. The van der Waals surface area contributed by atoms with Gasteiger partial charge in [-0.25, -0.2) is 0 Å². The van der Waals surface area contributed by atoms with Gasteiger partial charge in [0.15, 0.2) is 7.05 Å². The largest absolute Gasteiger partial charge is 0.416 e. The highest BCUT2D eigenvalue weighted by molar-refractivity contribution is 6.13. The van der Waals surface area contributed by atoms with Crippen LogP contribution in [0.1, 0.15) is 11.1 Å². The van der Waals surface area contributed by atoms with Gasteiger partial charge in [-0.2, -0.15) is 26.3 Å².